The fourth-order valence-electron chi connectivity index (χ4n) is 2.01. The highest BCUT2D eigenvalue weighted by molar-refractivity contribution is 7.92. The van der Waals surface area contributed by atoms with E-state index >= 15 is 0 Å². The van der Waals surface area contributed by atoms with Crippen LogP contribution in [-0.4, -0.2) is 13.6 Å². The van der Waals surface area contributed by atoms with Gasteiger partial charge in [-0.25, -0.2) is 8.42 Å². The van der Waals surface area contributed by atoms with E-state index in [1.165, 1.54) is 18.4 Å². The molecule has 2 aromatic carbocycles. The number of rotatable bonds is 4. The van der Waals surface area contributed by atoms with Gasteiger partial charge in [0.05, 0.1) is 10.5 Å². The van der Waals surface area contributed by atoms with Crippen LogP contribution in [0.25, 0.3) is 11.1 Å². The quantitative estimate of drug-likeness (QED) is 0.773. The van der Waals surface area contributed by atoms with Crippen molar-refractivity contribution in [3.05, 3.63) is 71.2 Å². The molecule has 22 heavy (non-hydrogen) atoms. The van der Waals surface area contributed by atoms with Gasteiger partial charge in [-0.15, -0.1) is 0 Å². The molecule has 0 saturated carbocycles. The topological polar surface area (TPSA) is 92.2 Å². The summed E-state index contributed by atoms with van der Waals surface area (Å²) in [4.78, 5) is 11.7. The Hall–Kier alpha value is -2.80. The van der Waals surface area contributed by atoms with Crippen LogP contribution in [-0.2, 0) is 10.0 Å². The number of sulfonamides is 1. The Kier molecular flexibility index (Phi) is 3.56. The molecule has 1 heterocycles. The van der Waals surface area contributed by atoms with Crippen molar-refractivity contribution >= 4 is 15.7 Å². The van der Waals surface area contributed by atoms with E-state index in [9.17, 15) is 13.2 Å². The molecular weight excluding hydrogens is 304 g/mol. The molecule has 0 saturated heterocycles. The molecule has 0 fully saturated rings. The van der Waals surface area contributed by atoms with E-state index < -0.39 is 10.0 Å². The number of anilines is 1. The molecule has 0 radical (unpaired) electrons. The fourth-order valence-corrected chi connectivity index (χ4v) is 3.08. The zero-order valence-corrected chi connectivity index (χ0v) is 12.1. The van der Waals surface area contributed by atoms with E-state index in [0.717, 1.165) is 0 Å². The zero-order valence-electron chi connectivity index (χ0n) is 11.3. The monoisotopic (exact) mass is 316 g/mol. The standard InChI is InChI=1S/C15H12N2O4S/c18-15-14(10-21-16-15)11-5-4-6-12(9-11)17-22(19,20)13-7-2-1-3-8-13/h1-10,17H,(H,16,18). The van der Waals surface area contributed by atoms with Crippen molar-refractivity contribution in [1.82, 2.24) is 5.16 Å². The molecule has 3 rings (SSSR count). The summed E-state index contributed by atoms with van der Waals surface area (Å²) in [5.74, 6) is 0. The lowest BCUT2D eigenvalue weighted by Gasteiger charge is -2.08. The summed E-state index contributed by atoms with van der Waals surface area (Å²) in [5, 5.41) is 2.19. The Morgan fingerprint density at radius 1 is 1.00 bits per heavy atom. The Morgan fingerprint density at radius 2 is 1.77 bits per heavy atom. The fraction of sp³-hybridized carbons (Fsp3) is 0. The third-order valence-corrected chi connectivity index (χ3v) is 4.45. The first-order valence-corrected chi connectivity index (χ1v) is 7.89. The highest BCUT2D eigenvalue weighted by atomic mass is 32.2. The van der Waals surface area contributed by atoms with Gasteiger partial charge in [0.25, 0.3) is 15.6 Å². The molecule has 0 aliphatic rings. The second kappa shape index (κ2) is 5.53. The van der Waals surface area contributed by atoms with E-state index in [1.807, 2.05) is 0 Å². The number of aromatic nitrogens is 1. The second-order valence-corrected chi connectivity index (χ2v) is 6.26. The van der Waals surface area contributed by atoms with Crippen molar-refractivity contribution in [3.63, 3.8) is 0 Å². The SMILES string of the molecule is O=c1[nH]occ1-c1cccc(NS(=O)(=O)c2ccccc2)c1. The van der Waals surface area contributed by atoms with Crippen molar-refractivity contribution in [2.45, 2.75) is 4.90 Å². The normalized spacial score (nSPS) is 11.3. The highest BCUT2D eigenvalue weighted by Gasteiger charge is 2.14. The molecule has 6 nitrogen and oxygen atoms in total. The van der Waals surface area contributed by atoms with Gasteiger partial charge in [0.1, 0.15) is 6.26 Å². The maximum atomic E-state index is 12.3. The van der Waals surface area contributed by atoms with Gasteiger partial charge < -0.3 is 4.52 Å². The van der Waals surface area contributed by atoms with Gasteiger partial charge in [-0.2, -0.15) is 5.16 Å². The average molecular weight is 316 g/mol. The molecular formula is C15H12N2O4S. The number of aromatic amines is 1. The van der Waals surface area contributed by atoms with Crippen LogP contribution in [0.3, 0.4) is 0 Å². The first kappa shape index (κ1) is 14.2. The lowest BCUT2D eigenvalue weighted by molar-refractivity contribution is 0.414. The molecule has 112 valence electrons. The van der Waals surface area contributed by atoms with Crippen LogP contribution in [0.15, 0.2) is 75.1 Å². The van der Waals surface area contributed by atoms with Crippen molar-refractivity contribution in [2.24, 2.45) is 0 Å². The highest BCUT2D eigenvalue weighted by Crippen LogP contribution is 2.22. The summed E-state index contributed by atoms with van der Waals surface area (Å²) in [6.07, 6.45) is 1.28. The van der Waals surface area contributed by atoms with Crippen molar-refractivity contribution < 1.29 is 12.9 Å². The minimum Gasteiger partial charge on any atom is -0.386 e. The molecule has 2 N–H and O–H groups in total. The summed E-state index contributed by atoms with van der Waals surface area (Å²) in [7, 11) is -3.67. The van der Waals surface area contributed by atoms with Crippen LogP contribution in [0.5, 0.6) is 0 Å². The molecule has 0 bridgehead atoms. The Labute approximate surface area is 126 Å². The van der Waals surface area contributed by atoms with E-state index in [1.54, 1.807) is 42.5 Å². The molecule has 1 aromatic heterocycles. The van der Waals surface area contributed by atoms with Crippen molar-refractivity contribution in [1.29, 1.82) is 0 Å². The summed E-state index contributed by atoms with van der Waals surface area (Å²) in [5.41, 5.74) is 0.883. The lowest BCUT2D eigenvalue weighted by atomic mass is 10.1. The number of nitrogens with one attached hydrogen (secondary N) is 2. The smallest absolute Gasteiger partial charge is 0.287 e. The summed E-state index contributed by atoms with van der Waals surface area (Å²) >= 11 is 0. The van der Waals surface area contributed by atoms with Gasteiger partial charge in [-0.3, -0.25) is 9.52 Å². The van der Waals surface area contributed by atoms with E-state index in [4.69, 9.17) is 4.52 Å². The van der Waals surface area contributed by atoms with Crippen molar-refractivity contribution in [2.75, 3.05) is 4.72 Å². The Balaban J connectivity index is 1.94. The van der Waals surface area contributed by atoms with E-state index in [2.05, 4.69) is 9.88 Å². The molecule has 7 heteroatoms. The molecule has 0 aliphatic heterocycles. The van der Waals surface area contributed by atoms with Gasteiger partial charge in [-0.1, -0.05) is 30.3 Å². The third kappa shape index (κ3) is 2.79. The first-order chi connectivity index (χ1) is 10.6. The zero-order chi connectivity index (χ0) is 15.6. The number of hydrogen-bond donors (Lipinski definition) is 2. The largest absolute Gasteiger partial charge is 0.386 e. The van der Waals surface area contributed by atoms with Gasteiger partial charge in [0.2, 0.25) is 0 Å². The molecule has 0 amide bonds. The van der Waals surface area contributed by atoms with Gasteiger partial charge >= 0.3 is 0 Å². The second-order valence-electron chi connectivity index (χ2n) is 4.58. The summed E-state index contributed by atoms with van der Waals surface area (Å²) in [6.45, 7) is 0. The number of benzene rings is 2. The number of hydrogen-bond acceptors (Lipinski definition) is 4. The van der Waals surface area contributed by atoms with Gasteiger partial charge in [0.15, 0.2) is 0 Å². The number of H-pyrrole nitrogens is 1. The minimum absolute atomic E-state index is 0.168. The minimum atomic E-state index is -3.67. The van der Waals surface area contributed by atoms with Crippen LogP contribution in [0, 0.1) is 0 Å². The van der Waals surface area contributed by atoms with E-state index in [0.29, 0.717) is 16.8 Å². The molecule has 0 aliphatic carbocycles. The predicted octanol–water partition coefficient (Wildman–Crippen LogP) is 2.44. The summed E-state index contributed by atoms with van der Waals surface area (Å²) in [6, 6.07) is 14.6. The van der Waals surface area contributed by atoms with Gasteiger partial charge in [0, 0.05) is 5.69 Å². The predicted molar refractivity (Wildman–Crippen MR) is 82.0 cm³/mol. The summed E-state index contributed by atoms with van der Waals surface area (Å²) < 4.78 is 31.8. The van der Waals surface area contributed by atoms with Crippen LogP contribution >= 0.6 is 0 Å². The van der Waals surface area contributed by atoms with Crippen molar-refractivity contribution in [3.8, 4) is 11.1 Å². The third-order valence-electron chi connectivity index (χ3n) is 3.05. The maximum absolute atomic E-state index is 12.3. The van der Waals surface area contributed by atoms with Crippen LogP contribution in [0.1, 0.15) is 0 Å². The first-order valence-electron chi connectivity index (χ1n) is 6.41. The van der Waals surface area contributed by atoms with Gasteiger partial charge in [-0.05, 0) is 29.8 Å². The van der Waals surface area contributed by atoms with Crippen LogP contribution < -0.4 is 10.3 Å². The average Bonchev–Trinajstić information content (AvgIpc) is 2.94. The Morgan fingerprint density at radius 3 is 2.45 bits per heavy atom. The molecule has 0 atom stereocenters. The van der Waals surface area contributed by atoms with Crippen LogP contribution in [0.4, 0.5) is 5.69 Å². The lowest BCUT2D eigenvalue weighted by Crippen LogP contribution is -2.12. The Bertz CT molecular complexity index is 943. The molecule has 3 aromatic rings. The molecule has 0 spiro atoms. The van der Waals surface area contributed by atoms with E-state index in [-0.39, 0.29) is 10.5 Å². The molecule has 0 unspecified atom stereocenters. The maximum Gasteiger partial charge on any atom is 0.287 e. The van der Waals surface area contributed by atoms with Crippen LogP contribution in [0.2, 0.25) is 0 Å².